The van der Waals surface area contributed by atoms with Crippen LogP contribution in [0.25, 0.3) is 6.08 Å². The number of nitrogens with zero attached hydrogens (tertiary/aromatic N) is 2. The SMILES string of the molecule is CC(C)Oc1ccc(C(=O)NCC(=O)N2CCN(S(=O)(=O)/C=C/c3ccccc3)CC2)cc1. The molecule has 0 aliphatic carbocycles. The van der Waals surface area contributed by atoms with Crippen molar-refractivity contribution in [2.75, 3.05) is 32.7 Å². The molecule has 8 nitrogen and oxygen atoms in total. The number of hydrogen-bond donors (Lipinski definition) is 1. The minimum absolute atomic E-state index is 0.0395. The average molecular weight is 472 g/mol. The molecule has 1 aliphatic rings. The van der Waals surface area contributed by atoms with Gasteiger partial charge in [0.1, 0.15) is 5.75 Å². The standard InChI is InChI=1S/C24H29N3O5S/c1-19(2)32-22-10-8-21(9-11-22)24(29)25-18-23(28)26-13-15-27(16-14-26)33(30,31)17-12-20-6-4-3-5-7-20/h3-12,17,19H,13-16,18H2,1-2H3,(H,25,29)/b17-12+. The van der Waals surface area contributed by atoms with Gasteiger partial charge in [-0.3, -0.25) is 9.59 Å². The number of rotatable bonds is 8. The topological polar surface area (TPSA) is 96.0 Å². The predicted octanol–water partition coefficient (Wildman–Crippen LogP) is 2.35. The van der Waals surface area contributed by atoms with Crippen molar-refractivity contribution in [3.63, 3.8) is 0 Å². The molecular weight excluding hydrogens is 442 g/mol. The third-order valence-electron chi connectivity index (χ3n) is 5.07. The van der Waals surface area contributed by atoms with Crippen molar-refractivity contribution in [1.29, 1.82) is 0 Å². The summed E-state index contributed by atoms with van der Waals surface area (Å²) in [7, 11) is -3.57. The minimum atomic E-state index is -3.57. The summed E-state index contributed by atoms with van der Waals surface area (Å²) in [5.74, 6) is 0.0655. The molecule has 176 valence electrons. The number of carbonyl (C=O) groups excluding carboxylic acids is 2. The van der Waals surface area contributed by atoms with E-state index in [2.05, 4.69) is 5.32 Å². The summed E-state index contributed by atoms with van der Waals surface area (Å²) in [6.45, 7) is 4.65. The van der Waals surface area contributed by atoms with Crippen molar-refractivity contribution >= 4 is 27.9 Å². The van der Waals surface area contributed by atoms with Crippen LogP contribution in [0.15, 0.2) is 60.0 Å². The van der Waals surface area contributed by atoms with E-state index in [-0.39, 0.29) is 50.6 Å². The number of nitrogens with one attached hydrogen (secondary N) is 1. The molecule has 1 aliphatic heterocycles. The highest BCUT2D eigenvalue weighted by atomic mass is 32.2. The Kier molecular flexibility index (Phi) is 8.24. The largest absolute Gasteiger partial charge is 0.491 e. The van der Waals surface area contributed by atoms with Gasteiger partial charge in [0, 0.05) is 37.2 Å². The number of hydrogen-bond acceptors (Lipinski definition) is 5. The summed E-state index contributed by atoms with van der Waals surface area (Å²) in [5, 5.41) is 3.81. The molecule has 1 fully saturated rings. The number of benzene rings is 2. The Morgan fingerprint density at radius 2 is 1.64 bits per heavy atom. The van der Waals surface area contributed by atoms with Crippen LogP contribution in [-0.2, 0) is 14.8 Å². The molecule has 2 aromatic rings. The highest BCUT2D eigenvalue weighted by Gasteiger charge is 2.27. The number of ether oxygens (including phenoxy) is 1. The molecule has 0 unspecified atom stereocenters. The van der Waals surface area contributed by atoms with Gasteiger partial charge in [-0.25, -0.2) is 8.42 Å². The van der Waals surface area contributed by atoms with E-state index in [0.717, 1.165) is 5.56 Å². The number of sulfonamides is 1. The maximum atomic E-state index is 12.6. The summed E-state index contributed by atoms with van der Waals surface area (Å²) >= 11 is 0. The number of piperazine rings is 1. The quantitative estimate of drug-likeness (QED) is 0.638. The molecule has 1 saturated heterocycles. The van der Waals surface area contributed by atoms with E-state index in [1.54, 1.807) is 35.2 Å². The van der Waals surface area contributed by atoms with E-state index >= 15 is 0 Å². The summed E-state index contributed by atoms with van der Waals surface area (Å²) in [6, 6.07) is 15.9. The first-order valence-corrected chi connectivity index (χ1v) is 12.3. The van der Waals surface area contributed by atoms with Crippen molar-refractivity contribution in [3.8, 4) is 5.75 Å². The zero-order valence-electron chi connectivity index (χ0n) is 18.8. The molecule has 9 heteroatoms. The first kappa shape index (κ1) is 24.5. The average Bonchev–Trinajstić information content (AvgIpc) is 2.82. The van der Waals surface area contributed by atoms with Crippen LogP contribution >= 0.6 is 0 Å². The Hall–Kier alpha value is -3.17. The molecule has 0 spiro atoms. The van der Waals surface area contributed by atoms with Gasteiger partial charge in [-0.1, -0.05) is 30.3 Å². The van der Waals surface area contributed by atoms with Crippen molar-refractivity contribution in [3.05, 3.63) is 71.1 Å². The Balaban J connectivity index is 1.46. The fourth-order valence-corrected chi connectivity index (χ4v) is 4.51. The molecule has 3 rings (SSSR count). The zero-order valence-corrected chi connectivity index (χ0v) is 19.6. The monoisotopic (exact) mass is 471 g/mol. The van der Waals surface area contributed by atoms with Crippen LogP contribution in [-0.4, -0.2) is 68.3 Å². The van der Waals surface area contributed by atoms with Crippen molar-refractivity contribution in [2.45, 2.75) is 20.0 Å². The summed E-state index contributed by atoms with van der Waals surface area (Å²) in [5.41, 5.74) is 1.23. The van der Waals surface area contributed by atoms with Crippen molar-refractivity contribution < 1.29 is 22.7 Å². The third kappa shape index (κ3) is 7.16. The van der Waals surface area contributed by atoms with Gasteiger partial charge in [-0.15, -0.1) is 0 Å². The van der Waals surface area contributed by atoms with Gasteiger partial charge in [0.2, 0.25) is 15.9 Å². The summed E-state index contributed by atoms with van der Waals surface area (Å²) in [4.78, 5) is 26.4. The Bertz CT molecular complexity index is 1070. The molecule has 2 aromatic carbocycles. The zero-order chi connectivity index (χ0) is 23.8. The number of carbonyl (C=O) groups is 2. The van der Waals surface area contributed by atoms with Crippen LogP contribution in [0.1, 0.15) is 29.8 Å². The third-order valence-corrected chi connectivity index (χ3v) is 6.64. The minimum Gasteiger partial charge on any atom is -0.491 e. The lowest BCUT2D eigenvalue weighted by molar-refractivity contribution is -0.131. The van der Waals surface area contributed by atoms with Gasteiger partial charge in [0.05, 0.1) is 12.6 Å². The fraction of sp³-hybridized carbons (Fsp3) is 0.333. The van der Waals surface area contributed by atoms with Crippen LogP contribution in [0, 0.1) is 0 Å². The first-order valence-electron chi connectivity index (χ1n) is 10.8. The van der Waals surface area contributed by atoms with Gasteiger partial charge < -0.3 is 15.0 Å². The van der Waals surface area contributed by atoms with Gasteiger partial charge in [0.15, 0.2) is 0 Å². The summed E-state index contributed by atoms with van der Waals surface area (Å²) < 4.78 is 32.0. The highest BCUT2D eigenvalue weighted by molar-refractivity contribution is 7.92. The lowest BCUT2D eigenvalue weighted by Gasteiger charge is -2.33. The Morgan fingerprint density at radius 1 is 1.00 bits per heavy atom. The lowest BCUT2D eigenvalue weighted by atomic mass is 10.2. The molecule has 2 amide bonds. The maximum Gasteiger partial charge on any atom is 0.251 e. The van der Waals surface area contributed by atoms with Crippen LogP contribution in [0.4, 0.5) is 0 Å². The first-order chi connectivity index (χ1) is 15.7. The van der Waals surface area contributed by atoms with E-state index in [1.807, 2.05) is 44.2 Å². The molecular formula is C24H29N3O5S. The van der Waals surface area contributed by atoms with E-state index in [1.165, 1.54) is 9.71 Å². The maximum absolute atomic E-state index is 12.6. The second-order valence-electron chi connectivity index (χ2n) is 7.91. The highest BCUT2D eigenvalue weighted by Crippen LogP contribution is 2.14. The van der Waals surface area contributed by atoms with Crippen LogP contribution < -0.4 is 10.1 Å². The molecule has 0 aromatic heterocycles. The molecule has 1 N–H and O–H groups in total. The molecule has 0 atom stereocenters. The van der Waals surface area contributed by atoms with Crippen LogP contribution in [0.2, 0.25) is 0 Å². The molecule has 0 saturated carbocycles. The number of amides is 2. The smallest absolute Gasteiger partial charge is 0.251 e. The van der Waals surface area contributed by atoms with E-state index in [4.69, 9.17) is 4.74 Å². The van der Waals surface area contributed by atoms with Crippen LogP contribution in [0.5, 0.6) is 5.75 Å². The van der Waals surface area contributed by atoms with Gasteiger partial charge in [-0.05, 0) is 49.8 Å². The predicted molar refractivity (Wildman–Crippen MR) is 127 cm³/mol. The van der Waals surface area contributed by atoms with Crippen molar-refractivity contribution in [2.24, 2.45) is 0 Å². The Labute approximate surface area is 194 Å². The normalized spacial score (nSPS) is 15.1. The molecule has 0 radical (unpaired) electrons. The summed E-state index contributed by atoms with van der Waals surface area (Å²) in [6.07, 6.45) is 1.60. The van der Waals surface area contributed by atoms with Crippen LogP contribution in [0.3, 0.4) is 0 Å². The van der Waals surface area contributed by atoms with Gasteiger partial charge in [0.25, 0.3) is 5.91 Å². The van der Waals surface area contributed by atoms with Gasteiger partial charge >= 0.3 is 0 Å². The van der Waals surface area contributed by atoms with E-state index in [0.29, 0.717) is 11.3 Å². The van der Waals surface area contributed by atoms with E-state index < -0.39 is 10.0 Å². The second-order valence-corrected chi connectivity index (χ2v) is 9.73. The molecule has 0 bridgehead atoms. The lowest BCUT2D eigenvalue weighted by Crippen LogP contribution is -2.52. The fourth-order valence-electron chi connectivity index (χ4n) is 3.33. The Morgan fingerprint density at radius 3 is 2.24 bits per heavy atom. The molecule has 1 heterocycles. The van der Waals surface area contributed by atoms with E-state index in [9.17, 15) is 18.0 Å². The molecule has 33 heavy (non-hydrogen) atoms. The van der Waals surface area contributed by atoms with Gasteiger partial charge in [-0.2, -0.15) is 4.31 Å². The second kappa shape index (κ2) is 11.1. The van der Waals surface area contributed by atoms with Crippen molar-refractivity contribution in [1.82, 2.24) is 14.5 Å².